The lowest BCUT2D eigenvalue weighted by atomic mass is 10.2. The molecule has 0 aliphatic carbocycles. The van der Waals surface area contributed by atoms with Gasteiger partial charge in [-0.1, -0.05) is 29.4 Å². The van der Waals surface area contributed by atoms with E-state index >= 15 is 0 Å². The van der Waals surface area contributed by atoms with Crippen molar-refractivity contribution in [3.05, 3.63) is 92.5 Å². The lowest BCUT2D eigenvalue weighted by Gasteiger charge is -2.11. The molecule has 0 amide bonds. The van der Waals surface area contributed by atoms with Crippen molar-refractivity contribution >= 4 is 21.6 Å². The minimum absolute atomic E-state index is 0.0844. The number of thiophene rings is 1. The van der Waals surface area contributed by atoms with Crippen molar-refractivity contribution < 1.29 is 13.7 Å². The maximum atomic E-state index is 14.4. The van der Waals surface area contributed by atoms with Gasteiger partial charge in [-0.15, -0.1) is 11.3 Å². The molecule has 0 atom stereocenters. The van der Waals surface area contributed by atoms with Gasteiger partial charge in [-0.2, -0.15) is 4.98 Å². The van der Waals surface area contributed by atoms with E-state index in [0.717, 1.165) is 4.57 Å². The first-order valence-electron chi connectivity index (χ1n) is 10.1. The zero-order valence-corrected chi connectivity index (χ0v) is 18.2. The molecular weight excluding hydrogens is 447 g/mol. The molecule has 0 saturated carbocycles. The van der Waals surface area contributed by atoms with Crippen molar-refractivity contribution in [1.29, 1.82) is 0 Å². The molecule has 5 aromatic rings. The van der Waals surface area contributed by atoms with Crippen LogP contribution < -0.4 is 16.0 Å². The smallest absolute Gasteiger partial charge is 0.336 e. The van der Waals surface area contributed by atoms with E-state index in [-0.39, 0.29) is 18.1 Å². The molecule has 10 heteroatoms. The van der Waals surface area contributed by atoms with E-state index in [2.05, 4.69) is 10.1 Å². The van der Waals surface area contributed by atoms with Crippen LogP contribution >= 0.6 is 11.3 Å². The van der Waals surface area contributed by atoms with Gasteiger partial charge < -0.3 is 9.26 Å². The van der Waals surface area contributed by atoms with Gasteiger partial charge in [-0.05, 0) is 42.6 Å². The van der Waals surface area contributed by atoms with Gasteiger partial charge in [0.25, 0.3) is 5.56 Å². The topological polar surface area (TPSA) is 92.2 Å². The molecule has 2 aromatic carbocycles. The minimum Gasteiger partial charge on any atom is -0.494 e. The van der Waals surface area contributed by atoms with Crippen molar-refractivity contribution in [1.82, 2.24) is 19.3 Å². The van der Waals surface area contributed by atoms with Gasteiger partial charge in [0.1, 0.15) is 22.8 Å². The second kappa shape index (κ2) is 8.47. The fourth-order valence-electron chi connectivity index (χ4n) is 3.55. The predicted molar refractivity (Wildman–Crippen MR) is 122 cm³/mol. The van der Waals surface area contributed by atoms with Crippen LogP contribution in [0.5, 0.6) is 5.75 Å². The molecule has 3 aromatic heterocycles. The van der Waals surface area contributed by atoms with Gasteiger partial charge in [-0.3, -0.25) is 9.36 Å². The number of aromatic nitrogens is 4. The summed E-state index contributed by atoms with van der Waals surface area (Å²) in [4.78, 5) is 30.7. The summed E-state index contributed by atoms with van der Waals surface area (Å²) >= 11 is 1.17. The number of fused-ring (bicyclic) bond motifs is 1. The van der Waals surface area contributed by atoms with Crippen molar-refractivity contribution in [2.45, 2.75) is 13.5 Å². The monoisotopic (exact) mass is 464 g/mol. The van der Waals surface area contributed by atoms with Crippen LogP contribution in [0.3, 0.4) is 0 Å². The summed E-state index contributed by atoms with van der Waals surface area (Å²) in [6, 6.07) is 14.6. The van der Waals surface area contributed by atoms with Crippen molar-refractivity contribution in [2.75, 3.05) is 6.61 Å². The molecule has 8 nitrogen and oxygen atoms in total. The second-order valence-corrected chi connectivity index (χ2v) is 7.98. The molecule has 5 rings (SSSR count). The summed E-state index contributed by atoms with van der Waals surface area (Å²) in [5.41, 5.74) is -0.282. The Morgan fingerprint density at radius 2 is 1.97 bits per heavy atom. The molecule has 0 bridgehead atoms. The standard InChI is InChI=1S/C23H17FN4O4S/c1-2-31-15-7-5-6-14(12-15)21-25-19(32-26-21)13-27-18-10-11-33-20(18)22(29)28(23(27)30)17-9-4-3-8-16(17)24/h3-12H,2,13H2,1H3. The fraction of sp³-hybridized carbons (Fsp3) is 0.130. The van der Waals surface area contributed by atoms with E-state index in [0.29, 0.717) is 34.0 Å². The Morgan fingerprint density at radius 3 is 2.79 bits per heavy atom. The molecule has 0 spiro atoms. The first kappa shape index (κ1) is 20.8. The molecule has 166 valence electrons. The van der Waals surface area contributed by atoms with Gasteiger partial charge in [0, 0.05) is 5.56 Å². The van der Waals surface area contributed by atoms with Crippen LogP contribution in [-0.2, 0) is 6.54 Å². The van der Waals surface area contributed by atoms with Gasteiger partial charge in [-0.25, -0.2) is 13.8 Å². The van der Waals surface area contributed by atoms with Crippen LogP contribution in [0.1, 0.15) is 12.8 Å². The van der Waals surface area contributed by atoms with Crippen molar-refractivity contribution in [3.8, 4) is 22.8 Å². The first-order chi connectivity index (χ1) is 16.1. The van der Waals surface area contributed by atoms with Crippen LogP contribution in [0, 0.1) is 5.82 Å². The van der Waals surface area contributed by atoms with E-state index in [1.165, 1.54) is 34.1 Å². The van der Waals surface area contributed by atoms with E-state index in [1.54, 1.807) is 23.6 Å². The summed E-state index contributed by atoms with van der Waals surface area (Å²) in [6.07, 6.45) is 0. The SMILES string of the molecule is CCOc1cccc(-c2noc(Cn3c(=O)n(-c4ccccc4F)c(=O)c4sccc43)n2)c1. The average molecular weight is 464 g/mol. The van der Waals surface area contributed by atoms with Gasteiger partial charge >= 0.3 is 5.69 Å². The largest absolute Gasteiger partial charge is 0.494 e. The van der Waals surface area contributed by atoms with Crippen LogP contribution in [0.2, 0.25) is 0 Å². The van der Waals surface area contributed by atoms with E-state index in [1.807, 2.05) is 25.1 Å². The molecule has 3 heterocycles. The Labute approximate surface area is 190 Å². The number of para-hydroxylation sites is 1. The highest BCUT2D eigenvalue weighted by Crippen LogP contribution is 2.23. The maximum absolute atomic E-state index is 14.4. The maximum Gasteiger partial charge on any atom is 0.336 e. The fourth-order valence-corrected chi connectivity index (χ4v) is 4.37. The zero-order chi connectivity index (χ0) is 22.9. The Bertz CT molecular complexity index is 1580. The Morgan fingerprint density at radius 1 is 1.12 bits per heavy atom. The van der Waals surface area contributed by atoms with Crippen LogP contribution in [0.15, 0.2) is 74.1 Å². The zero-order valence-electron chi connectivity index (χ0n) is 17.4. The molecule has 0 radical (unpaired) electrons. The normalized spacial score (nSPS) is 11.2. The number of rotatable bonds is 6. The summed E-state index contributed by atoms with van der Waals surface area (Å²) in [6.45, 7) is 2.33. The minimum atomic E-state index is -0.700. The summed E-state index contributed by atoms with van der Waals surface area (Å²) in [5.74, 6) is 0.506. The number of hydrogen-bond acceptors (Lipinski definition) is 7. The number of halogens is 1. The number of hydrogen-bond donors (Lipinski definition) is 0. The summed E-state index contributed by atoms with van der Waals surface area (Å²) < 4.78 is 27.8. The number of benzene rings is 2. The Hall–Kier alpha value is -4.05. The number of ether oxygens (including phenoxy) is 1. The molecule has 0 unspecified atom stereocenters. The Balaban J connectivity index is 1.59. The van der Waals surface area contributed by atoms with Crippen LogP contribution in [0.4, 0.5) is 4.39 Å². The predicted octanol–water partition coefficient (Wildman–Crippen LogP) is 3.85. The van der Waals surface area contributed by atoms with Crippen LogP contribution in [-0.4, -0.2) is 25.9 Å². The second-order valence-electron chi connectivity index (χ2n) is 7.07. The Kier molecular flexibility index (Phi) is 5.35. The molecular formula is C23H17FN4O4S. The van der Waals surface area contributed by atoms with E-state index in [4.69, 9.17) is 9.26 Å². The molecule has 0 aliphatic heterocycles. The lowest BCUT2D eigenvalue weighted by Crippen LogP contribution is -2.39. The summed E-state index contributed by atoms with van der Waals surface area (Å²) in [5, 5.41) is 5.71. The van der Waals surface area contributed by atoms with Crippen molar-refractivity contribution in [2.24, 2.45) is 0 Å². The van der Waals surface area contributed by atoms with Gasteiger partial charge in [0.15, 0.2) is 0 Å². The highest BCUT2D eigenvalue weighted by molar-refractivity contribution is 7.17. The van der Waals surface area contributed by atoms with Gasteiger partial charge in [0.05, 0.1) is 17.8 Å². The highest BCUT2D eigenvalue weighted by Gasteiger charge is 2.20. The third-order valence-corrected chi connectivity index (χ3v) is 5.90. The molecule has 0 aliphatic rings. The first-order valence-corrected chi connectivity index (χ1v) is 11.0. The quantitative estimate of drug-likeness (QED) is 0.379. The lowest BCUT2D eigenvalue weighted by molar-refractivity contribution is 0.340. The van der Waals surface area contributed by atoms with Crippen LogP contribution in [0.25, 0.3) is 27.3 Å². The van der Waals surface area contributed by atoms with E-state index < -0.39 is 17.1 Å². The molecule has 0 saturated heterocycles. The third-order valence-electron chi connectivity index (χ3n) is 5.01. The molecule has 0 N–H and O–H groups in total. The molecule has 33 heavy (non-hydrogen) atoms. The number of nitrogens with zero attached hydrogens (tertiary/aromatic N) is 4. The van der Waals surface area contributed by atoms with Gasteiger partial charge in [0.2, 0.25) is 11.7 Å². The third kappa shape index (κ3) is 3.74. The summed E-state index contributed by atoms with van der Waals surface area (Å²) in [7, 11) is 0. The average Bonchev–Trinajstić information content (AvgIpc) is 3.49. The van der Waals surface area contributed by atoms with E-state index in [9.17, 15) is 14.0 Å². The molecule has 0 fully saturated rings. The van der Waals surface area contributed by atoms with Crippen molar-refractivity contribution in [3.63, 3.8) is 0 Å². The highest BCUT2D eigenvalue weighted by atomic mass is 32.1.